The van der Waals surface area contributed by atoms with E-state index in [1.54, 1.807) is 13.0 Å². The summed E-state index contributed by atoms with van der Waals surface area (Å²) >= 11 is 0. The molecule has 0 saturated carbocycles. The van der Waals surface area contributed by atoms with Crippen LogP contribution in [0.25, 0.3) is 0 Å². The Morgan fingerprint density at radius 2 is 2.00 bits per heavy atom. The van der Waals surface area contributed by atoms with Crippen LogP contribution in [-0.2, 0) is 9.53 Å². The summed E-state index contributed by atoms with van der Waals surface area (Å²) in [5, 5.41) is 18.8. The maximum absolute atomic E-state index is 13.1. The van der Waals surface area contributed by atoms with E-state index in [2.05, 4.69) is 0 Å². The predicted octanol–water partition coefficient (Wildman–Crippen LogP) is 2.84. The predicted molar refractivity (Wildman–Crippen MR) is 72.1 cm³/mol. The second kappa shape index (κ2) is 5.76. The molecule has 0 aromatic heterocycles. The lowest BCUT2D eigenvalue weighted by atomic mass is 9.73. The summed E-state index contributed by atoms with van der Waals surface area (Å²) in [5.41, 5.74) is -0.525. The van der Waals surface area contributed by atoms with Crippen LogP contribution in [-0.4, -0.2) is 12.6 Å². The van der Waals surface area contributed by atoms with Gasteiger partial charge in [0.05, 0.1) is 18.7 Å². The summed E-state index contributed by atoms with van der Waals surface area (Å²) in [6.45, 7) is 1.89. The Bertz CT molecular complexity index is 651. The first-order valence-electron chi connectivity index (χ1n) is 6.53. The molecule has 1 aliphatic rings. The SMILES string of the molecule is CCOC(=O)C1=CCC(C#N)(C#N)C1c1ccc(F)cc1. The van der Waals surface area contributed by atoms with E-state index >= 15 is 0 Å². The second-order valence-corrected chi connectivity index (χ2v) is 4.76. The van der Waals surface area contributed by atoms with Crippen LogP contribution >= 0.6 is 0 Å². The van der Waals surface area contributed by atoms with Crippen molar-refractivity contribution < 1.29 is 13.9 Å². The van der Waals surface area contributed by atoms with Crippen molar-refractivity contribution in [3.05, 3.63) is 47.3 Å². The van der Waals surface area contributed by atoms with Crippen molar-refractivity contribution >= 4 is 5.97 Å². The molecule has 0 aliphatic heterocycles. The third-order valence-electron chi connectivity index (χ3n) is 3.56. The highest BCUT2D eigenvalue weighted by molar-refractivity contribution is 5.91. The maximum Gasteiger partial charge on any atom is 0.334 e. The third kappa shape index (κ3) is 2.51. The Balaban J connectivity index is 2.49. The van der Waals surface area contributed by atoms with Gasteiger partial charge >= 0.3 is 5.97 Å². The van der Waals surface area contributed by atoms with Crippen LogP contribution in [0.2, 0.25) is 0 Å². The van der Waals surface area contributed by atoms with Gasteiger partial charge in [0.25, 0.3) is 0 Å². The molecule has 0 bridgehead atoms. The van der Waals surface area contributed by atoms with Gasteiger partial charge in [-0.1, -0.05) is 18.2 Å². The average molecular weight is 284 g/mol. The maximum atomic E-state index is 13.1. The summed E-state index contributed by atoms with van der Waals surface area (Å²) in [6.07, 6.45) is 1.72. The third-order valence-corrected chi connectivity index (χ3v) is 3.56. The van der Waals surface area contributed by atoms with Crippen molar-refractivity contribution in [2.45, 2.75) is 19.3 Å². The molecule has 1 unspecified atom stereocenters. The molecule has 2 rings (SSSR count). The van der Waals surface area contributed by atoms with Crippen LogP contribution < -0.4 is 0 Å². The van der Waals surface area contributed by atoms with Gasteiger partial charge in [-0.3, -0.25) is 0 Å². The first-order chi connectivity index (χ1) is 10.1. The van der Waals surface area contributed by atoms with Crippen molar-refractivity contribution in [2.75, 3.05) is 6.61 Å². The van der Waals surface area contributed by atoms with E-state index in [0.717, 1.165) is 0 Å². The van der Waals surface area contributed by atoms with E-state index in [9.17, 15) is 19.7 Å². The van der Waals surface area contributed by atoms with Gasteiger partial charge in [-0.25, -0.2) is 9.18 Å². The highest BCUT2D eigenvalue weighted by Gasteiger charge is 2.48. The van der Waals surface area contributed by atoms with Crippen LogP contribution in [0.3, 0.4) is 0 Å². The fourth-order valence-corrected chi connectivity index (χ4v) is 2.55. The number of hydrogen-bond acceptors (Lipinski definition) is 4. The normalized spacial score (nSPS) is 19.2. The molecule has 21 heavy (non-hydrogen) atoms. The molecule has 0 spiro atoms. The number of esters is 1. The molecule has 1 atom stereocenters. The van der Waals surface area contributed by atoms with Crippen LogP contribution in [0.4, 0.5) is 4.39 Å². The monoisotopic (exact) mass is 284 g/mol. The summed E-state index contributed by atoms with van der Waals surface area (Å²) in [6, 6.07) is 9.47. The van der Waals surface area contributed by atoms with E-state index in [4.69, 9.17) is 4.74 Å². The number of ether oxygens (including phenoxy) is 1. The first-order valence-corrected chi connectivity index (χ1v) is 6.53. The van der Waals surface area contributed by atoms with Gasteiger partial charge < -0.3 is 4.74 Å². The van der Waals surface area contributed by atoms with Gasteiger partial charge in [0.1, 0.15) is 5.82 Å². The zero-order valence-corrected chi connectivity index (χ0v) is 11.5. The Kier molecular flexibility index (Phi) is 4.05. The van der Waals surface area contributed by atoms with Crippen molar-refractivity contribution in [3.63, 3.8) is 0 Å². The minimum absolute atomic E-state index is 0.149. The minimum Gasteiger partial charge on any atom is -0.463 e. The van der Waals surface area contributed by atoms with Gasteiger partial charge in [0.15, 0.2) is 5.41 Å². The molecule has 0 radical (unpaired) electrons. The number of benzene rings is 1. The molecule has 0 saturated heterocycles. The van der Waals surface area contributed by atoms with Crippen molar-refractivity contribution in [2.24, 2.45) is 5.41 Å². The van der Waals surface area contributed by atoms with Gasteiger partial charge in [-0.2, -0.15) is 10.5 Å². The second-order valence-electron chi connectivity index (χ2n) is 4.76. The minimum atomic E-state index is -1.36. The number of nitriles is 2. The van der Waals surface area contributed by atoms with E-state index in [0.29, 0.717) is 5.56 Å². The Morgan fingerprint density at radius 3 is 2.52 bits per heavy atom. The number of rotatable bonds is 3. The lowest BCUT2D eigenvalue weighted by Crippen LogP contribution is -2.25. The van der Waals surface area contributed by atoms with Gasteiger partial charge in [0, 0.05) is 11.5 Å². The van der Waals surface area contributed by atoms with Crippen molar-refractivity contribution in [1.82, 2.24) is 0 Å². The van der Waals surface area contributed by atoms with Gasteiger partial charge in [0.2, 0.25) is 0 Å². The molecule has 0 amide bonds. The zero-order chi connectivity index (χ0) is 15.5. The largest absolute Gasteiger partial charge is 0.463 e. The molecule has 1 aromatic rings. The number of allylic oxidation sites excluding steroid dienone is 1. The Labute approximate surface area is 122 Å². The Hall–Kier alpha value is -2.66. The molecule has 0 fully saturated rings. The molecule has 4 nitrogen and oxygen atoms in total. The lowest BCUT2D eigenvalue weighted by molar-refractivity contribution is -0.138. The quantitative estimate of drug-likeness (QED) is 0.800. The van der Waals surface area contributed by atoms with Crippen LogP contribution in [0.1, 0.15) is 24.8 Å². The molecule has 5 heteroatoms. The molecule has 0 heterocycles. The van der Waals surface area contributed by atoms with Crippen molar-refractivity contribution in [3.8, 4) is 12.1 Å². The summed E-state index contributed by atoms with van der Waals surface area (Å²) in [4.78, 5) is 12.0. The number of hydrogen-bond donors (Lipinski definition) is 0. The standard InChI is InChI=1S/C16H13FN2O2/c1-2-21-15(20)13-7-8-16(9-18,10-19)14(13)11-3-5-12(17)6-4-11/h3-7,14H,2,8H2,1H3. The lowest BCUT2D eigenvalue weighted by Gasteiger charge is -2.24. The fraction of sp³-hybridized carbons (Fsp3) is 0.312. The molecular formula is C16H13FN2O2. The van der Waals surface area contributed by atoms with Gasteiger partial charge in [-0.15, -0.1) is 0 Å². The molecule has 106 valence electrons. The first kappa shape index (κ1) is 14.7. The molecule has 1 aromatic carbocycles. The van der Waals surface area contributed by atoms with E-state index < -0.39 is 23.1 Å². The van der Waals surface area contributed by atoms with Crippen LogP contribution in [0.5, 0.6) is 0 Å². The van der Waals surface area contributed by atoms with E-state index in [1.807, 2.05) is 12.1 Å². The van der Waals surface area contributed by atoms with Crippen molar-refractivity contribution in [1.29, 1.82) is 10.5 Å². The number of carbonyl (C=O) groups is 1. The number of nitrogens with zero attached hydrogens (tertiary/aromatic N) is 2. The molecular weight excluding hydrogens is 271 g/mol. The summed E-state index contributed by atoms with van der Waals surface area (Å²) in [7, 11) is 0. The summed E-state index contributed by atoms with van der Waals surface area (Å²) in [5.74, 6) is -1.69. The Morgan fingerprint density at radius 1 is 1.38 bits per heavy atom. The topological polar surface area (TPSA) is 73.9 Å². The van der Waals surface area contributed by atoms with Crippen LogP contribution in [0, 0.1) is 33.9 Å². The average Bonchev–Trinajstić information content (AvgIpc) is 2.88. The number of halogens is 1. The smallest absolute Gasteiger partial charge is 0.334 e. The number of carbonyl (C=O) groups excluding carboxylic acids is 1. The van der Waals surface area contributed by atoms with Gasteiger partial charge in [-0.05, 0) is 31.0 Å². The van der Waals surface area contributed by atoms with Crippen LogP contribution in [0.15, 0.2) is 35.9 Å². The van der Waals surface area contributed by atoms with E-state index in [1.165, 1.54) is 24.3 Å². The molecule has 0 N–H and O–H groups in total. The highest BCUT2D eigenvalue weighted by atomic mass is 19.1. The highest BCUT2D eigenvalue weighted by Crippen LogP contribution is 2.49. The molecule has 1 aliphatic carbocycles. The zero-order valence-electron chi connectivity index (χ0n) is 11.5. The summed E-state index contributed by atoms with van der Waals surface area (Å²) < 4.78 is 18.1. The fourth-order valence-electron chi connectivity index (χ4n) is 2.55. The van der Waals surface area contributed by atoms with E-state index in [-0.39, 0.29) is 18.6 Å².